The molecule has 8 heteroatoms. The Morgan fingerprint density at radius 1 is 0.587 bits per heavy atom. The van der Waals surface area contributed by atoms with Gasteiger partial charge in [-0.25, -0.2) is 0 Å². The third kappa shape index (κ3) is 5.67. The van der Waals surface area contributed by atoms with Crippen LogP contribution in [0.1, 0.15) is 101 Å². The smallest absolute Gasteiger partial charge is 0.163 e. The maximum absolute atomic E-state index is 12.8. The number of benzene rings is 4. The van der Waals surface area contributed by atoms with Gasteiger partial charge in [0.2, 0.25) is 0 Å². The molecule has 0 heterocycles. The summed E-state index contributed by atoms with van der Waals surface area (Å²) in [5.74, 6) is -1.01. The second-order valence-electron chi connectivity index (χ2n) is 13.3. The van der Waals surface area contributed by atoms with Gasteiger partial charge in [-0.1, -0.05) is 52.0 Å². The maximum Gasteiger partial charge on any atom is 0.163 e. The van der Waals surface area contributed by atoms with Gasteiger partial charge >= 0.3 is 0 Å². The van der Waals surface area contributed by atoms with E-state index in [1.807, 2.05) is 58.0 Å². The minimum atomic E-state index is -0.818. The van der Waals surface area contributed by atoms with E-state index < -0.39 is 10.8 Å². The maximum atomic E-state index is 12.8. The molecular formula is C38H42O8. The van der Waals surface area contributed by atoms with Crippen LogP contribution in [0.25, 0.3) is 0 Å². The number of hydrogen-bond donors (Lipinski definition) is 5. The van der Waals surface area contributed by atoms with E-state index in [1.165, 1.54) is 13.0 Å². The average molecular weight is 627 g/mol. The fourth-order valence-electron chi connectivity index (χ4n) is 6.42. The molecule has 0 aliphatic heterocycles. The Bertz CT molecular complexity index is 1850. The van der Waals surface area contributed by atoms with Crippen LogP contribution in [-0.2, 0) is 46.4 Å². The summed E-state index contributed by atoms with van der Waals surface area (Å²) in [6, 6.07) is 14.3. The van der Waals surface area contributed by atoms with Crippen molar-refractivity contribution in [2.45, 2.75) is 71.5 Å². The van der Waals surface area contributed by atoms with Crippen molar-refractivity contribution in [2.75, 3.05) is 14.2 Å². The topological polar surface area (TPSA) is 137 Å². The third-order valence-corrected chi connectivity index (χ3v) is 9.52. The predicted octanol–water partition coefficient (Wildman–Crippen LogP) is 6.86. The minimum absolute atomic E-state index is 0.0341. The van der Waals surface area contributed by atoms with Gasteiger partial charge in [0, 0.05) is 54.6 Å². The van der Waals surface area contributed by atoms with Crippen LogP contribution in [0.5, 0.6) is 28.7 Å². The molecule has 242 valence electrons. The Labute approximate surface area is 269 Å². The third-order valence-electron chi connectivity index (χ3n) is 9.52. The highest BCUT2D eigenvalue weighted by molar-refractivity contribution is 5.97. The Hall–Kier alpha value is -4.53. The molecule has 0 spiro atoms. The number of fused-ring (bicyclic) bond motifs is 8. The number of Topliss-reactive ketones (excluding diaryl/α,β-unsaturated/α-hetero) is 1. The molecule has 1 aliphatic rings. The fraction of sp³-hybridized carbons (Fsp3) is 0.342. The van der Waals surface area contributed by atoms with E-state index in [-0.39, 0.29) is 66.1 Å². The molecule has 0 aromatic heterocycles. The molecule has 0 radical (unpaired) electrons. The summed E-state index contributed by atoms with van der Waals surface area (Å²) >= 11 is 0. The largest absolute Gasteiger partial charge is 0.507 e. The first kappa shape index (κ1) is 32.9. The molecule has 4 aromatic rings. The first-order valence-corrected chi connectivity index (χ1v) is 15.2. The van der Waals surface area contributed by atoms with Crippen molar-refractivity contribution in [1.29, 1.82) is 0 Å². The van der Waals surface area contributed by atoms with Crippen molar-refractivity contribution in [1.82, 2.24) is 0 Å². The first-order valence-electron chi connectivity index (χ1n) is 15.2. The lowest BCUT2D eigenvalue weighted by atomic mass is 9.74. The predicted molar refractivity (Wildman–Crippen MR) is 175 cm³/mol. The Balaban J connectivity index is 1.91. The molecule has 1 aliphatic carbocycles. The fourth-order valence-corrected chi connectivity index (χ4v) is 6.42. The Morgan fingerprint density at radius 2 is 0.957 bits per heavy atom. The number of aromatic hydroxyl groups is 5. The highest BCUT2D eigenvalue weighted by Gasteiger charge is 2.32. The lowest BCUT2D eigenvalue weighted by Crippen LogP contribution is -2.22. The number of hydrogen-bond acceptors (Lipinski definition) is 8. The molecule has 8 bridgehead atoms. The van der Waals surface area contributed by atoms with Gasteiger partial charge in [0.15, 0.2) is 17.3 Å². The number of rotatable bonds is 5. The summed E-state index contributed by atoms with van der Waals surface area (Å²) < 4.78 is 10.9. The summed E-state index contributed by atoms with van der Waals surface area (Å²) in [7, 11) is 3.10. The number of carbonyl (C=O) groups excluding carboxylic acids is 1. The molecule has 0 atom stereocenters. The van der Waals surface area contributed by atoms with Crippen LogP contribution >= 0.6 is 0 Å². The lowest BCUT2D eigenvalue weighted by molar-refractivity contribution is 0.101. The van der Waals surface area contributed by atoms with Gasteiger partial charge in [0.05, 0.1) is 18.8 Å². The summed E-state index contributed by atoms with van der Waals surface area (Å²) in [5, 5.41) is 56.1. The van der Waals surface area contributed by atoms with Crippen LogP contribution < -0.4 is 0 Å². The van der Waals surface area contributed by atoms with E-state index >= 15 is 0 Å². The molecule has 5 N–H and O–H groups in total. The standard InChI is InChI=1S/C38H42O8/c1-20(39)31-16-29-12-23(35(31)43)8-21-10-27(14-25(18-45-6)33(21)41)37(2,3)28-11-22(34(42)26(15-28)19-46-7)9-24-13-30(38(29,4)5)17-32(40)36(24)44/h10-17,40-44H,8-9,18-19H2,1-7H3. The SMILES string of the molecule is COCc1cc2cc(c1O)Cc1cc(cc(O)c1O)C(C)(C)c1cc(c(O)c(C(C)=O)c1)Cc1cc(cc(COC)c1O)C2(C)C. The zero-order valence-electron chi connectivity index (χ0n) is 27.4. The van der Waals surface area contributed by atoms with E-state index in [0.717, 1.165) is 11.1 Å². The molecular weight excluding hydrogens is 584 g/mol. The van der Waals surface area contributed by atoms with Crippen LogP contribution in [-0.4, -0.2) is 45.5 Å². The summed E-state index contributed by atoms with van der Waals surface area (Å²) in [6.07, 6.45) is 0.218. The van der Waals surface area contributed by atoms with Gasteiger partial charge in [0.1, 0.15) is 17.2 Å². The number of ether oxygens (including phenoxy) is 2. The number of phenols is 5. The van der Waals surface area contributed by atoms with Crippen LogP contribution in [0.15, 0.2) is 48.5 Å². The summed E-state index contributed by atoms with van der Waals surface area (Å²) in [5.41, 5.74) is 4.77. The normalized spacial score (nSPS) is 15.0. The second-order valence-corrected chi connectivity index (χ2v) is 13.3. The van der Waals surface area contributed by atoms with Gasteiger partial charge in [-0.15, -0.1) is 0 Å². The van der Waals surface area contributed by atoms with Crippen LogP contribution in [0.3, 0.4) is 0 Å². The van der Waals surface area contributed by atoms with Gasteiger partial charge in [0.25, 0.3) is 0 Å². The quantitative estimate of drug-likeness (QED) is 0.120. The van der Waals surface area contributed by atoms with E-state index in [1.54, 1.807) is 26.4 Å². The number of ketones is 1. The molecule has 4 aromatic carbocycles. The van der Waals surface area contributed by atoms with Gasteiger partial charge in [-0.3, -0.25) is 4.79 Å². The van der Waals surface area contributed by atoms with Crippen molar-refractivity contribution in [3.63, 3.8) is 0 Å². The van der Waals surface area contributed by atoms with E-state index in [0.29, 0.717) is 44.5 Å². The molecule has 5 rings (SSSR count). The monoisotopic (exact) mass is 626 g/mol. The zero-order chi connectivity index (χ0) is 33.7. The first-order chi connectivity index (χ1) is 21.6. The van der Waals surface area contributed by atoms with Crippen molar-refractivity contribution in [3.05, 3.63) is 110 Å². The number of phenolic OH excluding ortho intramolecular Hbond substituents is 5. The average Bonchev–Trinajstić information content (AvgIpc) is 2.99. The van der Waals surface area contributed by atoms with Crippen molar-refractivity contribution >= 4 is 5.78 Å². The van der Waals surface area contributed by atoms with Gasteiger partial charge in [-0.05, 0) is 70.1 Å². The molecule has 0 unspecified atom stereocenters. The van der Waals surface area contributed by atoms with Crippen molar-refractivity contribution in [3.8, 4) is 28.7 Å². The van der Waals surface area contributed by atoms with Crippen molar-refractivity contribution < 1.29 is 39.8 Å². The Morgan fingerprint density at radius 3 is 1.37 bits per heavy atom. The zero-order valence-corrected chi connectivity index (χ0v) is 27.4. The van der Waals surface area contributed by atoms with Crippen LogP contribution in [0.2, 0.25) is 0 Å². The molecule has 0 saturated carbocycles. The summed E-state index contributed by atoms with van der Waals surface area (Å²) in [4.78, 5) is 12.8. The molecule has 0 fully saturated rings. The number of methoxy groups -OCH3 is 2. The van der Waals surface area contributed by atoms with Crippen LogP contribution in [0.4, 0.5) is 0 Å². The van der Waals surface area contributed by atoms with Gasteiger partial charge in [-0.2, -0.15) is 0 Å². The highest BCUT2D eigenvalue weighted by Crippen LogP contribution is 2.45. The highest BCUT2D eigenvalue weighted by atomic mass is 16.5. The number of carbonyl (C=O) groups is 1. The van der Waals surface area contributed by atoms with Crippen LogP contribution in [0, 0.1) is 0 Å². The lowest BCUT2D eigenvalue weighted by Gasteiger charge is -2.31. The Kier molecular flexibility index (Phi) is 8.57. The summed E-state index contributed by atoms with van der Waals surface area (Å²) in [6.45, 7) is 9.61. The van der Waals surface area contributed by atoms with E-state index in [4.69, 9.17) is 9.47 Å². The van der Waals surface area contributed by atoms with E-state index in [9.17, 15) is 30.3 Å². The molecule has 8 nitrogen and oxygen atoms in total. The van der Waals surface area contributed by atoms with E-state index in [2.05, 4.69) is 0 Å². The van der Waals surface area contributed by atoms with Gasteiger partial charge < -0.3 is 35.0 Å². The molecule has 46 heavy (non-hydrogen) atoms. The minimum Gasteiger partial charge on any atom is -0.507 e. The second kappa shape index (κ2) is 12.0. The molecule has 0 amide bonds. The molecule has 0 saturated heterocycles. The van der Waals surface area contributed by atoms with Crippen molar-refractivity contribution in [2.24, 2.45) is 0 Å².